The molecule has 0 amide bonds. The first-order valence-electron chi connectivity index (χ1n) is 15.4. The molecular weight excluding hydrogens is 520 g/mol. The Bertz CT molecular complexity index is 893. The van der Waals surface area contributed by atoms with Crippen molar-refractivity contribution in [2.45, 2.75) is 150 Å². The molecular formula is C30H57O5STi. The summed E-state index contributed by atoms with van der Waals surface area (Å²) in [6, 6.07) is 8.14. The molecule has 0 atom stereocenters. The Hall–Kier alpha value is -0.396. The van der Waals surface area contributed by atoms with Crippen LogP contribution in [0.15, 0.2) is 35.2 Å². The molecule has 0 radical (unpaired) electrons. The number of benzene rings is 1. The molecule has 0 saturated carbocycles. The third-order valence-corrected chi connectivity index (χ3v) is 22.3. The topological polar surface area (TPSA) is 69.7 Å². The SMILES string of the molecule is CCCCCCCCCCCC[O][Ti](=[O])([CH2]CCC)([CH2]CCC)([CH2]CCC)[O]S(=O)(=O)c1ccccc1. The Morgan fingerprint density at radius 2 is 1.00 bits per heavy atom. The molecule has 37 heavy (non-hydrogen) atoms. The summed E-state index contributed by atoms with van der Waals surface area (Å²) in [6.07, 6.45) is 16.2. The summed E-state index contributed by atoms with van der Waals surface area (Å²) in [5, 5.41) is 0. The van der Waals surface area contributed by atoms with Gasteiger partial charge in [-0.3, -0.25) is 0 Å². The average Bonchev–Trinajstić information content (AvgIpc) is 2.89. The normalized spacial score (nSPS) is 14.4. The predicted octanol–water partition coefficient (Wildman–Crippen LogP) is 10.4. The van der Waals surface area contributed by atoms with Gasteiger partial charge in [0.2, 0.25) is 0 Å². The van der Waals surface area contributed by atoms with E-state index in [1.54, 1.807) is 18.2 Å². The summed E-state index contributed by atoms with van der Waals surface area (Å²) in [5.41, 5.74) is 0. The number of hydrogen-bond donors (Lipinski definition) is 0. The van der Waals surface area contributed by atoms with Crippen molar-refractivity contribution in [1.29, 1.82) is 0 Å². The summed E-state index contributed by atoms with van der Waals surface area (Å²) >= 11 is -6.22. The van der Waals surface area contributed by atoms with E-state index in [1.165, 1.54) is 57.1 Å². The molecule has 1 rings (SSSR count). The fourth-order valence-corrected chi connectivity index (χ4v) is 21.0. The van der Waals surface area contributed by atoms with E-state index in [1.807, 2.05) is 20.8 Å². The van der Waals surface area contributed by atoms with Crippen LogP contribution < -0.4 is 0 Å². The van der Waals surface area contributed by atoms with Crippen LogP contribution in [-0.2, 0) is 34.3 Å². The molecule has 0 fully saturated rings. The number of rotatable bonds is 24. The van der Waals surface area contributed by atoms with Crippen LogP contribution in [0.2, 0.25) is 14.2 Å². The molecule has 0 aliphatic rings. The van der Waals surface area contributed by atoms with Crippen LogP contribution in [0.5, 0.6) is 0 Å². The van der Waals surface area contributed by atoms with Crippen molar-refractivity contribution >= 4 is 10.1 Å². The van der Waals surface area contributed by atoms with E-state index in [4.69, 9.17) is 6.08 Å². The van der Waals surface area contributed by atoms with E-state index in [9.17, 15) is 8.42 Å². The van der Waals surface area contributed by atoms with Gasteiger partial charge in [0.1, 0.15) is 0 Å². The van der Waals surface area contributed by atoms with E-state index in [-0.39, 0.29) is 19.1 Å². The fourth-order valence-electron chi connectivity index (χ4n) is 5.59. The first-order valence-corrected chi connectivity index (χ1v) is 22.0. The van der Waals surface area contributed by atoms with Gasteiger partial charge >= 0.3 is 222 Å². The Balaban J connectivity index is 3.10. The summed E-state index contributed by atoms with van der Waals surface area (Å²) in [6.45, 7) is 8.66. The van der Waals surface area contributed by atoms with Crippen LogP contribution in [0.3, 0.4) is 0 Å². The molecule has 0 unspecified atom stereocenters. The molecule has 5 nitrogen and oxygen atoms in total. The van der Waals surface area contributed by atoms with Gasteiger partial charge in [0, 0.05) is 0 Å². The zero-order valence-corrected chi connectivity index (χ0v) is 26.9. The van der Waals surface area contributed by atoms with Gasteiger partial charge in [0.15, 0.2) is 0 Å². The number of hydrogen-bond acceptors (Lipinski definition) is 5. The molecule has 7 heteroatoms. The minimum atomic E-state index is -6.22. The molecule has 1 aromatic rings. The molecule has 0 heterocycles. The van der Waals surface area contributed by atoms with Gasteiger partial charge in [-0.1, -0.05) is 6.92 Å². The van der Waals surface area contributed by atoms with Crippen molar-refractivity contribution in [3.8, 4) is 0 Å². The van der Waals surface area contributed by atoms with E-state index in [0.717, 1.165) is 38.5 Å². The second kappa shape index (κ2) is 16.6. The fraction of sp³-hybridized carbons (Fsp3) is 0.800. The Morgan fingerprint density at radius 3 is 1.43 bits per heavy atom. The van der Waals surface area contributed by atoms with Crippen LogP contribution in [0, 0.1) is 0 Å². The van der Waals surface area contributed by atoms with Gasteiger partial charge in [0.05, 0.1) is 0 Å². The molecule has 0 N–H and O–H groups in total. The summed E-state index contributed by atoms with van der Waals surface area (Å²) in [5.74, 6) is 0. The molecule has 217 valence electrons. The second-order valence-electron chi connectivity index (χ2n) is 11.5. The standard InChI is InChI=1S/C12H25O.C6H6O3S.3C4H9.O.Ti/c1-2-3-4-5-6-7-8-9-10-11-12-13;7-10(8,9)6-4-2-1-3-5-6;3*1-3-4-2;;/h2-12H2,1H3;1-5H,(H,7,8,9);3*1,3-4H2,2H3;;/q-1;;;;;;+2/p-1. The van der Waals surface area contributed by atoms with Gasteiger partial charge in [-0.2, -0.15) is 0 Å². The molecule has 0 spiro atoms. The third kappa shape index (κ3) is 11.7. The molecule has 0 bridgehead atoms. The van der Waals surface area contributed by atoms with Crippen molar-refractivity contribution in [2.24, 2.45) is 0 Å². The maximum absolute atomic E-state index is 15.7. The van der Waals surface area contributed by atoms with Crippen molar-refractivity contribution in [3.05, 3.63) is 30.3 Å². The van der Waals surface area contributed by atoms with Gasteiger partial charge in [0.25, 0.3) is 0 Å². The van der Waals surface area contributed by atoms with Crippen LogP contribution in [-0.4, -0.2) is 15.0 Å². The summed E-state index contributed by atoms with van der Waals surface area (Å²) < 4.78 is 56.3. The minimum absolute atomic E-state index is 0.0478. The van der Waals surface area contributed by atoms with E-state index in [0.29, 0.717) is 25.9 Å². The van der Waals surface area contributed by atoms with E-state index in [2.05, 4.69) is 6.92 Å². The van der Waals surface area contributed by atoms with Crippen LogP contribution in [0.1, 0.15) is 130 Å². The van der Waals surface area contributed by atoms with Gasteiger partial charge in [-0.05, 0) is 0 Å². The average molecular weight is 578 g/mol. The first kappa shape index (κ1) is 34.6. The zero-order valence-electron chi connectivity index (χ0n) is 24.5. The van der Waals surface area contributed by atoms with Crippen LogP contribution in [0.4, 0.5) is 0 Å². The van der Waals surface area contributed by atoms with Crippen molar-refractivity contribution < 1.29 is 32.6 Å². The predicted molar refractivity (Wildman–Crippen MR) is 152 cm³/mol. The quantitative estimate of drug-likeness (QED) is 0.0903. The second-order valence-corrected chi connectivity index (χ2v) is 23.8. The van der Waals surface area contributed by atoms with Gasteiger partial charge in [-0.25, -0.2) is 0 Å². The summed E-state index contributed by atoms with van der Waals surface area (Å²) in [4.78, 5) is 0.0478. The van der Waals surface area contributed by atoms with E-state index < -0.39 is 24.9 Å². The summed E-state index contributed by atoms with van der Waals surface area (Å²) in [7, 11) is -4.24. The Kier molecular flexibility index (Phi) is 15.6. The van der Waals surface area contributed by atoms with Gasteiger partial charge in [-0.15, -0.1) is 0 Å². The molecule has 0 saturated heterocycles. The van der Waals surface area contributed by atoms with Crippen LogP contribution in [0.25, 0.3) is 0 Å². The van der Waals surface area contributed by atoms with Crippen molar-refractivity contribution in [3.63, 3.8) is 0 Å². The molecule has 0 aromatic heterocycles. The molecule has 0 aliphatic heterocycles. The number of unbranched alkanes of at least 4 members (excludes halogenated alkanes) is 12. The first-order chi connectivity index (χ1) is 17.6. The zero-order chi connectivity index (χ0) is 27.6. The van der Waals surface area contributed by atoms with Crippen LogP contribution >= 0.6 is 0 Å². The Labute approximate surface area is 228 Å². The molecule has 0 aliphatic carbocycles. The Morgan fingerprint density at radius 1 is 0.595 bits per heavy atom. The van der Waals surface area contributed by atoms with Gasteiger partial charge < -0.3 is 0 Å². The maximum atomic E-state index is 15.7. The van der Waals surface area contributed by atoms with E-state index >= 15 is 3.32 Å². The van der Waals surface area contributed by atoms with Crippen molar-refractivity contribution in [1.82, 2.24) is 0 Å². The monoisotopic (exact) mass is 577 g/mol. The third-order valence-electron chi connectivity index (χ3n) is 7.98. The molecule has 1 aromatic carbocycles. The van der Waals surface area contributed by atoms with Crippen molar-refractivity contribution in [2.75, 3.05) is 6.61 Å².